The van der Waals surface area contributed by atoms with Crippen molar-refractivity contribution in [2.24, 2.45) is 0 Å². The fraction of sp³-hybridized carbons (Fsp3) is 0.600. The average molecular weight is 268 g/mol. The minimum absolute atomic E-state index is 0.0319. The van der Waals surface area contributed by atoms with E-state index in [4.69, 9.17) is 0 Å². The Bertz CT molecular complexity index is 417. The van der Waals surface area contributed by atoms with Crippen LogP contribution in [0.3, 0.4) is 0 Å². The van der Waals surface area contributed by atoms with Gasteiger partial charge in [-0.3, -0.25) is 4.90 Å². The van der Waals surface area contributed by atoms with Crippen molar-refractivity contribution in [3.63, 3.8) is 0 Å². The fourth-order valence-electron chi connectivity index (χ4n) is 2.98. The maximum Gasteiger partial charge on any atom is 0.130 e. The van der Waals surface area contributed by atoms with E-state index in [0.717, 1.165) is 38.5 Å². The second kappa shape index (κ2) is 6.44. The molecule has 19 heavy (non-hydrogen) atoms. The zero-order chi connectivity index (χ0) is 13.8. The summed E-state index contributed by atoms with van der Waals surface area (Å²) in [6.07, 6.45) is 2.29. The van der Waals surface area contributed by atoms with Crippen LogP contribution in [0.2, 0.25) is 0 Å². The predicted octanol–water partition coefficient (Wildman–Crippen LogP) is 3.10. The topological polar surface area (TPSA) is 15.3 Å². The summed E-state index contributed by atoms with van der Waals surface area (Å²) in [5.41, 5.74) is 0.578. The van der Waals surface area contributed by atoms with E-state index in [-0.39, 0.29) is 6.04 Å². The van der Waals surface area contributed by atoms with Gasteiger partial charge in [0.05, 0.1) is 0 Å². The summed E-state index contributed by atoms with van der Waals surface area (Å²) in [7, 11) is 0. The Kier molecular flexibility index (Phi) is 4.88. The maximum atomic E-state index is 13.9. The van der Waals surface area contributed by atoms with Gasteiger partial charge in [0, 0.05) is 30.3 Å². The summed E-state index contributed by atoms with van der Waals surface area (Å²) in [5.74, 6) is -0.967. The van der Waals surface area contributed by atoms with Gasteiger partial charge in [0.1, 0.15) is 11.6 Å². The molecule has 106 valence electrons. The third-order valence-electron chi connectivity index (χ3n) is 4.02. The van der Waals surface area contributed by atoms with Crippen LogP contribution >= 0.6 is 0 Å². The van der Waals surface area contributed by atoms with Gasteiger partial charge in [-0.2, -0.15) is 0 Å². The smallest absolute Gasteiger partial charge is 0.130 e. The van der Waals surface area contributed by atoms with Gasteiger partial charge in [-0.25, -0.2) is 8.78 Å². The number of nitrogens with one attached hydrogen (secondary N) is 1. The number of hydrogen-bond acceptors (Lipinski definition) is 2. The molecule has 0 bridgehead atoms. The molecular formula is C15H22F2N2. The first-order chi connectivity index (χ1) is 9.13. The number of likely N-dealkylation sites (N-methyl/N-ethyl adjacent to an activating group) is 1. The second-order valence-electron chi connectivity index (χ2n) is 5.17. The van der Waals surface area contributed by atoms with Crippen LogP contribution in [0.15, 0.2) is 18.2 Å². The van der Waals surface area contributed by atoms with E-state index in [1.54, 1.807) is 6.07 Å². The third-order valence-corrected chi connectivity index (χ3v) is 4.02. The van der Waals surface area contributed by atoms with Gasteiger partial charge in [0.2, 0.25) is 0 Å². The number of piperidine rings is 1. The Morgan fingerprint density at radius 3 is 2.79 bits per heavy atom. The van der Waals surface area contributed by atoms with Gasteiger partial charge in [0.25, 0.3) is 0 Å². The van der Waals surface area contributed by atoms with Gasteiger partial charge >= 0.3 is 0 Å². The molecule has 0 radical (unpaired) electrons. The van der Waals surface area contributed by atoms with E-state index < -0.39 is 11.6 Å². The number of nitrogens with zero attached hydrogens (tertiary/aromatic N) is 1. The van der Waals surface area contributed by atoms with Gasteiger partial charge in [0.15, 0.2) is 0 Å². The van der Waals surface area contributed by atoms with Gasteiger partial charge in [-0.15, -0.1) is 0 Å². The molecule has 0 aromatic heterocycles. The Balaban J connectivity index is 2.17. The molecule has 2 nitrogen and oxygen atoms in total. The molecule has 4 heteroatoms. The van der Waals surface area contributed by atoms with E-state index in [1.807, 2.05) is 6.92 Å². The molecule has 1 aromatic rings. The molecule has 1 aliphatic heterocycles. The highest BCUT2D eigenvalue weighted by Gasteiger charge is 2.26. The molecular weight excluding hydrogens is 246 g/mol. The lowest BCUT2D eigenvalue weighted by Gasteiger charge is -2.38. The minimum Gasteiger partial charge on any atom is -0.315 e. The highest BCUT2D eigenvalue weighted by atomic mass is 19.1. The molecule has 1 heterocycles. The van der Waals surface area contributed by atoms with E-state index in [2.05, 4.69) is 17.1 Å². The number of hydrogen-bond donors (Lipinski definition) is 1. The zero-order valence-corrected chi connectivity index (χ0v) is 11.6. The van der Waals surface area contributed by atoms with Crippen molar-refractivity contribution >= 4 is 0 Å². The summed E-state index contributed by atoms with van der Waals surface area (Å²) in [6, 6.07) is 4.27. The molecule has 0 aliphatic carbocycles. The molecule has 0 amide bonds. The molecule has 2 rings (SSSR count). The van der Waals surface area contributed by atoms with Gasteiger partial charge in [-0.05, 0) is 38.9 Å². The largest absolute Gasteiger partial charge is 0.315 e. The highest BCUT2D eigenvalue weighted by Crippen LogP contribution is 2.27. The number of benzene rings is 1. The molecule has 2 atom stereocenters. The third kappa shape index (κ3) is 3.31. The Morgan fingerprint density at radius 2 is 2.21 bits per heavy atom. The first-order valence-corrected chi connectivity index (χ1v) is 7.05. The average Bonchev–Trinajstić information content (AvgIpc) is 2.40. The van der Waals surface area contributed by atoms with E-state index in [9.17, 15) is 8.78 Å². The summed E-state index contributed by atoms with van der Waals surface area (Å²) < 4.78 is 26.9. The molecule has 1 aliphatic rings. The maximum absolute atomic E-state index is 13.9. The first kappa shape index (κ1) is 14.4. The Hall–Kier alpha value is -1.00. The van der Waals surface area contributed by atoms with Crippen molar-refractivity contribution in [1.82, 2.24) is 10.2 Å². The van der Waals surface area contributed by atoms with E-state index in [1.165, 1.54) is 6.07 Å². The molecule has 0 spiro atoms. The van der Waals surface area contributed by atoms with Crippen LogP contribution < -0.4 is 5.32 Å². The molecule has 1 saturated heterocycles. The standard InChI is InChI=1S/C15H22F2N2/c1-3-19(13-5-4-8-18-10-13)11(2)14-7-6-12(16)9-15(14)17/h6-7,9,11,13,18H,3-5,8,10H2,1-2H3. The van der Waals surface area contributed by atoms with Crippen LogP contribution in [0.1, 0.15) is 38.3 Å². The lowest BCUT2D eigenvalue weighted by atomic mass is 10.00. The van der Waals surface area contributed by atoms with Crippen LogP contribution in [0, 0.1) is 11.6 Å². The summed E-state index contributed by atoms with van der Waals surface area (Å²) in [6.45, 7) is 6.96. The van der Waals surface area contributed by atoms with Crippen molar-refractivity contribution < 1.29 is 8.78 Å². The second-order valence-corrected chi connectivity index (χ2v) is 5.17. The van der Waals surface area contributed by atoms with E-state index >= 15 is 0 Å². The van der Waals surface area contributed by atoms with E-state index in [0.29, 0.717) is 11.6 Å². The van der Waals surface area contributed by atoms with Crippen molar-refractivity contribution in [2.45, 2.75) is 38.8 Å². The predicted molar refractivity (Wildman–Crippen MR) is 73.0 cm³/mol. The molecule has 1 fully saturated rings. The zero-order valence-electron chi connectivity index (χ0n) is 11.6. The van der Waals surface area contributed by atoms with Crippen molar-refractivity contribution in [1.29, 1.82) is 0 Å². The number of rotatable bonds is 4. The Labute approximate surface area is 113 Å². The first-order valence-electron chi connectivity index (χ1n) is 7.05. The molecule has 1 N–H and O–H groups in total. The summed E-state index contributed by atoms with van der Waals surface area (Å²) in [4.78, 5) is 2.29. The Morgan fingerprint density at radius 1 is 1.42 bits per heavy atom. The molecule has 0 saturated carbocycles. The SMILES string of the molecule is CCN(C1CCCNC1)C(C)c1ccc(F)cc1F. The van der Waals surface area contributed by atoms with Crippen molar-refractivity contribution in [3.05, 3.63) is 35.4 Å². The van der Waals surface area contributed by atoms with Crippen molar-refractivity contribution in [2.75, 3.05) is 19.6 Å². The highest BCUT2D eigenvalue weighted by molar-refractivity contribution is 5.22. The quantitative estimate of drug-likeness (QED) is 0.902. The van der Waals surface area contributed by atoms with Crippen LogP contribution in [-0.4, -0.2) is 30.6 Å². The lowest BCUT2D eigenvalue weighted by Crippen LogP contribution is -2.47. The summed E-state index contributed by atoms with van der Waals surface area (Å²) >= 11 is 0. The van der Waals surface area contributed by atoms with Crippen LogP contribution in [0.5, 0.6) is 0 Å². The van der Waals surface area contributed by atoms with Crippen molar-refractivity contribution in [3.8, 4) is 0 Å². The monoisotopic (exact) mass is 268 g/mol. The lowest BCUT2D eigenvalue weighted by molar-refractivity contribution is 0.126. The van der Waals surface area contributed by atoms with Crippen LogP contribution in [0.25, 0.3) is 0 Å². The van der Waals surface area contributed by atoms with Crippen LogP contribution in [0.4, 0.5) is 8.78 Å². The van der Waals surface area contributed by atoms with Gasteiger partial charge in [-0.1, -0.05) is 13.0 Å². The van der Waals surface area contributed by atoms with Gasteiger partial charge < -0.3 is 5.32 Å². The minimum atomic E-state index is -0.518. The molecule has 2 unspecified atom stereocenters. The fourth-order valence-corrected chi connectivity index (χ4v) is 2.98. The summed E-state index contributed by atoms with van der Waals surface area (Å²) in [5, 5.41) is 3.38. The molecule has 1 aromatic carbocycles. The normalized spacial score (nSPS) is 21.6. The van der Waals surface area contributed by atoms with Crippen LogP contribution in [-0.2, 0) is 0 Å². The number of halogens is 2.